The summed E-state index contributed by atoms with van der Waals surface area (Å²) in [4.78, 5) is 25.2. The molecule has 2 aliphatic rings. The summed E-state index contributed by atoms with van der Waals surface area (Å²) in [6.07, 6.45) is 5.39. The van der Waals surface area contributed by atoms with Crippen molar-refractivity contribution in [3.8, 4) is 5.75 Å². The third-order valence-corrected chi connectivity index (χ3v) is 7.21. The second-order valence-corrected chi connectivity index (χ2v) is 10.1. The van der Waals surface area contributed by atoms with E-state index in [1.165, 1.54) is 5.56 Å². The van der Waals surface area contributed by atoms with Crippen molar-refractivity contribution in [1.82, 2.24) is 10.2 Å². The van der Waals surface area contributed by atoms with Crippen LogP contribution in [0.5, 0.6) is 5.75 Å². The van der Waals surface area contributed by atoms with E-state index in [2.05, 4.69) is 17.4 Å². The van der Waals surface area contributed by atoms with Crippen LogP contribution in [0.4, 0.5) is 0 Å². The maximum Gasteiger partial charge on any atom is 0.226 e. The van der Waals surface area contributed by atoms with Crippen LogP contribution in [0, 0.1) is 5.92 Å². The number of amides is 1. The minimum atomic E-state index is -0.583. The molecule has 2 N–H and O–H groups in total. The minimum Gasteiger partial charge on any atom is -0.486 e. The molecular formula is C28H37ClN2O4. The lowest BCUT2D eigenvalue weighted by molar-refractivity contribution is -0.134. The van der Waals surface area contributed by atoms with E-state index in [1.54, 1.807) is 12.1 Å². The highest BCUT2D eigenvalue weighted by molar-refractivity contribution is 6.31. The zero-order valence-electron chi connectivity index (χ0n) is 20.7. The average Bonchev–Trinajstić information content (AvgIpc) is 3.20. The van der Waals surface area contributed by atoms with Crippen molar-refractivity contribution in [3.63, 3.8) is 0 Å². The highest BCUT2D eigenvalue weighted by Gasteiger charge is 2.39. The summed E-state index contributed by atoms with van der Waals surface area (Å²) >= 11 is 6.33. The quantitative estimate of drug-likeness (QED) is 0.525. The van der Waals surface area contributed by atoms with Gasteiger partial charge in [-0.2, -0.15) is 0 Å². The summed E-state index contributed by atoms with van der Waals surface area (Å²) in [6, 6.07) is 15.9. The van der Waals surface area contributed by atoms with Gasteiger partial charge >= 0.3 is 0 Å². The summed E-state index contributed by atoms with van der Waals surface area (Å²) in [5, 5.41) is 13.8. The molecule has 6 nitrogen and oxygen atoms in total. The van der Waals surface area contributed by atoms with E-state index in [4.69, 9.17) is 16.3 Å². The van der Waals surface area contributed by atoms with Crippen LogP contribution in [0.25, 0.3) is 0 Å². The SMILES string of the molecule is CC1(O)CCC(N2CCC(Cc3ccc(OCC=O)cc3Cl)C2=O)CC1.CNCc1ccccc1. The van der Waals surface area contributed by atoms with Gasteiger partial charge in [-0.25, -0.2) is 0 Å². The number of ether oxygens (including phenoxy) is 1. The maximum absolute atomic E-state index is 12.8. The lowest BCUT2D eigenvalue weighted by atomic mass is 9.83. The van der Waals surface area contributed by atoms with Gasteiger partial charge in [0.1, 0.15) is 12.4 Å². The number of hydrogen-bond acceptors (Lipinski definition) is 5. The highest BCUT2D eigenvalue weighted by Crippen LogP contribution is 2.35. The van der Waals surface area contributed by atoms with Crippen LogP contribution in [-0.4, -0.2) is 54.0 Å². The Morgan fingerprint density at radius 2 is 1.89 bits per heavy atom. The van der Waals surface area contributed by atoms with E-state index in [1.807, 2.05) is 43.1 Å². The average molecular weight is 501 g/mol. The van der Waals surface area contributed by atoms with Crippen molar-refractivity contribution >= 4 is 23.8 Å². The van der Waals surface area contributed by atoms with Crippen molar-refractivity contribution in [2.45, 2.75) is 63.6 Å². The van der Waals surface area contributed by atoms with Gasteiger partial charge in [-0.1, -0.05) is 48.0 Å². The molecule has 0 spiro atoms. The first-order valence-electron chi connectivity index (χ1n) is 12.4. The fraction of sp³-hybridized carbons (Fsp3) is 0.500. The largest absolute Gasteiger partial charge is 0.486 e. The Kier molecular flexibility index (Phi) is 10.1. The number of carbonyl (C=O) groups is 2. The van der Waals surface area contributed by atoms with E-state index in [-0.39, 0.29) is 24.5 Å². The molecule has 1 heterocycles. The number of benzene rings is 2. The number of halogens is 1. The predicted octanol–water partition coefficient (Wildman–Crippen LogP) is 4.41. The molecule has 4 rings (SSSR count). The van der Waals surface area contributed by atoms with Crippen molar-refractivity contribution < 1.29 is 19.4 Å². The molecule has 35 heavy (non-hydrogen) atoms. The topological polar surface area (TPSA) is 78.9 Å². The molecule has 2 aromatic carbocycles. The van der Waals surface area contributed by atoms with Crippen molar-refractivity contribution in [3.05, 3.63) is 64.7 Å². The van der Waals surface area contributed by atoms with E-state index in [9.17, 15) is 14.7 Å². The van der Waals surface area contributed by atoms with Gasteiger partial charge in [0.05, 0.1) is 5.60 Å². The standard InChI is InChI=1S/C20H26ClNO4.C8H11N/c1-20(25)7-4-16(5-8-20)22-9-6-15(19(22)24)12-14-2-3-17(13-18(14)21)26-11-10-23;1-9-7-8-5-3-2-4-6-8/h2-3,10,13,15-16,25H,4-9,11-12H2,1H3;2-6,9H,7H2,1H3. The Labute approximate surface area is 213 Å². The molecule has 1 amide bonds. The van der Waals surface area contributed by atoms with Crippen LogP contribution in [0.2, 0.25) is 5.02 Å². The van der Waals surface area contributed by atoms with E-state index in [0.29, 0.717) is 23.5 Å². The van der Waals surface area contributed by atoms with Gasteiger partial charge < -0.3 is 20.1 Å². The molecule has 0 bridgehead atoms. The number of nitrogens with zero attached hydrogens (tertiary/aromatic N) is 1. The van der Waals surface area contributed by atoms with Gasteiger partial charge in [0.2, 0.25) is 5.91 Å². The van der Waals surface area contributed by atoms with Gasteiger partial charge in [0.25, 0.3) is 0 Å². The molecule has 2 fully saturated rings. The van der Waals surface area contributed by atoms with Crippen molar-refractivity contribution in [2.24, 2.45) is 5.92 Å². The Hall–Kier alpha value is -2.41. The Morgan fingerprint density at radius 3 is 2.51 bits per heavy atom. The molecule has 1 aliphatic carbocycles. The molecule has 7 heteroatoms. The summed E-state index contributed by atoms with van der Waals surface area (Å²) in [5.74, 6) is 0.713. The minimum absolute atomic E-state index is 0.0000205. The van der Waals surface area contributed by atoms with Crippen molar-refractivity contribution in [2.75, 3.05) is 20.2 Å². The Bertz CT molecular complexity index is 957. The Balaban J connectivity index is 0.000000320. The molecular weight excluding hydrogens is 464 g/mol. The molecule has 1 saturated carbocycles. The molecule has 1 atom stereocenters. The molecule has 1 saturated heterocycles. The second kappa shape index (κ2) is 13.1. The Morgan fingerprint density at radius 1 is 1.17 bits per heavy atom. The molecule has 0 radical (unpaired) electrons. The smallest absolute Gasteiger partial charge is 0.226 e. The van der Waals surface area contributed by atoms with Crippen LogP contribution in [-0.2, 0) is 22.6 Å². The number of aliphatic hydroxyl groups is 1. The summed E-state index contributed by atoms with van der Waals surface area (Å²) < 4.78 is 5.25. The molecule has 1 aliphatic heterocycles. The first-order chi connectivity index (χ1) is 16.8. The normalized spacial score (nSPS) is 24.0. The van der Waals surface area contributed by atoms with Crippen LogP contribution in [0.1, 0.15) is 50.2 Å². The summed E-state index contributed by atoms with van der Waals surface area (Å²) in [5.41, 5.74) is 1.68. The third-order valence-electron chi connectivity index (χ3n) is 6.86. The fourth-order valence-corrected chi connectivity index (χ4v) is 5.08. The van der Waals surface area contributed by atoms with Crippen molar-refractivity contribution in [1.29, 1.82) is 0 Å². The number of aldehydes is 1. The number of likely N-dealkylation sites (tertiary alicyclic amines) is 1. The molecule has 0 aromatic heterocycles. The lowest BCUT2D eigenvalue weighted by Gasteiger charge is -2.37. The van der Waals surface area contributed by atoms with E-state index < -0.39 is 5.60 Å². The number of hydrogen-bond donors (Lipinski definition) is 2. The number of nitrogens with one attached hydrogen (secondary N) is 1. The van der Waals surface area contributed by atoms with Gasteiger partial charge in [-0.3, -0.25) is 9.59 Å². The zero-order chi connectivity index (χ0) is 25.3. The van der Waals surface area contributed by atoms with Gasteiger partial charge in [0.15, 0.2) is 6.29 Å². The molecule has 2 aromatic rings. The van der Waals surface area contributed by atoms with Gasteiger partial charge in [-0.15, -0.1) is 0 Å². The lowest BCUT2D eigenvalue weighted by Crippen LogP contribution is -2.43. The van der Waals surface area contributed by atoms with Crippen LogP contribution >= 0.6 is 11.6 Å². The predicted molar refractivity (Wildman–Crippen MR) is 139 cm³/mol. The zero-order valence-corrected chi connectivity index (χ0v) is 21.5. The summed E-state index contributed by atoms with van der Waals surface area (Å²) in [7, 11) is 1.95. The van der Waals surface area contributed by atoms with Crippen LogP contribution in [0.3, 0.4) is 0 Å². The first-order valence-corrected chi connectivity index (χ1v) is 12.8. The second-order valence-electron chi connectivity index (χ2n) is 9.70. The van der Waals surface area contributed by atoms with Gasteiger partial charge in [-0.05, 0) is 75.8 Å². The maximum atomic E-state index is 12.8. The van der Waals surface area contributed by atoms with Crippen LogP contribution < -0.4 is 10.1 Å². The number of carbonyl (C=O) groups excluding carboxylic acids is 2. The highest BCUT2D eigenvalue weighted by atomic mass is 35.5. The van der Waals surface area contributed by atoms with E-state index >= 15 is 0 Å². The van der Waals surface area contributed by atoms with Crippen LogP contribution in [0.15, 0.2) is 48.5 Å². The molecule has 190 valence electrons. The third kappa shape index (κ3) is 8.06. The van der Waals surface area contributed by atoms with Gasteiger partial charge in [0, 0.05) is 30.1 Å². The first kappa shape index (κ1) is 27.2. The van der Waals surface area contributed by atoms with E-state index in [0.717, 1.165) is 50.8 Å². The summed E-state index contributed by atoms with van der Waals surface area (Å²) in [6.45, 7) is 3.62. The molecule has 1 unspecified atom stereocenters. The fourth-order valence-electron chi connectivity index (χ4n) is 4.83. The number of rotatable bonds is 8. The monoisotopic (exact) mass is 500 g/mol.